The van der Waals surface area contributed by atoms with Crippen LogP contribution in [0, 0.1) is 6.92 Å². The van der Waals surface area contributed by atoms with Gasteiger partial charge in [-0.15, -0.1) is 0 Å². The van der Waals surface area contributed by atoms with Crippen molar-refractivity contribution >= 4 is 17.4 Å². The van der Waals surface area contributed by atoms with E-state index in [4.69, 9.17) is 10.5 Å². The van der Waals surface area contributed by atoms with E-state index in [-0.39, 0.29) is 0 Å². The van der Waals surface area contributed by atoms with Crippen molar-refractivity contribution in [3.05, 3.63) is 48.0 Å². The lowest BCUT2D eigenvalue weighted by molar-refractivity contribution is 0.341. The topological polar surface area (TPSA) is 35.2 Å². The number of hydrogen-bond donors (Lipinski definition) is 1. The molecule has 94 valence electrons. The van der Waals surface area contributed by atoms with Gasteiger partial charge in [-0.1, -0.05) is 35.5 Å². The predicted molar refractivity (Wildman–Crippen MR) is 77.3 cm³/mol. The number of nitrogens with two attached hydrogens (primary N) is 1. The molecule has 0 saturated carbocycles. The Balaban J connectivity index is 2.23. The van der Waals surface area contributed by atoms with E-state index >= 15 is 0 Å². The molecule has 2 aromatic carbocycles. The monoisotopic (exact) mass is 259 g/mol. The maximum Gasteiger partial charge on any atom is 0.143 e. The predicted octanol–water partition coefficient (Wildman–Crippen LogP) is 4.13. The summed E-state index contributed by atoms with van der Waals surface area (Å²) >= 11 is 1.66. The highest BCUT2D eigenvalue weighted by molar-refractivity contribution is 7.99. The third kappa shape index (κ3) is 2.99. The highest BCUT2D eigenvalue weighted by atomic mass is 32.2. The second-order valence-electron chi connectivity index (χ2n) is 4.02. The molecule has 0 heterocycles. The first-order chi connectivity index (χ1) is 8.70. The molecule has 3 heteroatoms. The largest absolute Gasteiger partial charge is 0.492 e. The third-order valence-electron chi connectivity index (χ3n) is 2.57. The number of hydrogen-bond acceptors (Lipinski definition) is 3. The van der Waals surface area contributed by atoms with E-state index in [0.29, 0.717) is 12.3 Å². The zero-order valence-electron chi connectivity index (χ0n) is 10.6. The molecule has 18 heavy (non-hydrogen) atoms. The van der Waals surface area contributed by atoms with Crippen molar-refractivity contribution in [3.8, 4) is 5.75 Å². The molecular formula is C15H17NOS. The highest BCUT2D eigenvalue weighted by Crippen LogP contribution is 2.36. The Hall–Kier alpha value is -1.61. The minimum Gasteiger partial charge on any atom is -0.492 e. The van der Waals surface area contributed by atoms with Crippen molar-refractivity contribution in [2.75, 3.05) is 12.3 Å². The molecule has 2 N–H and O–H groups in total. The van der Waals surface area contributed by atoms with Crippen LogP contribution in [0.3, 0.4) is 0 Å². The van der Waals surface area contributed by atoms with Crippen molar-refractivity contribution in [2.24, 2.45) is 0 Å². The van der Waals surface area contributed by atoms with Gasteiger partial charge >= 0.3 is 0 Å². The zero-order valence-corrected chi connectivity index (χ0v) is 11.5. The van der Waals surface area contributed by atoms with Crippen LogP contribution in [0.4, 0.5) is 5.69 Å². The van der Waals surface area contributed by atoms with Crippen LogP contribution in [0.5, 0.6) is 5.75 Å². The normalized spacial score (nSPS) is 10.3. The second kappa shape index (κ2) is 5.83. The molecule has 2 rings (SSSR count). The molecule has 0 radical (unpaired) electrons. The fourth-order valence-electron chi connectivity index (χ4n) is 1.63. The van der Waals surface area contributed by atoms with Gasteiger partial charge < -0.3 is 10.5 Å². The fourth-order valence-corrected chi connectivity index (χ4v) is 2.51. The quantitative estimate of drug-likeness (QED) is 0.839. The Bertz CT molecular complexity index is 523. The number of nitrogen functional groups attached to an aromatic ring is 1. The summed E-state index contributed by atoms with van der Waals surface area (Å²) in [6.07, 6.45) is 0. The molecule has 0 spiro atoms. The van der Waals surface area contributed by atoms with Crippen LogP contribution in [-0.4, -0.2) is 6.61 Å². The van der Waals surface area contributed by atoms with Gasteiger partial charge in [-0.05, 0) is 38.1 Å². The molecule has 0 bridgehead atoms. The van der Waals surface area contributed by atoms with Crippen molar-refractivity contribution in [2.45, 2.75) is 23.6 Å². The van der Waals surface area contributed by atoms with Crippen LogP contribution in [0.2, 0.25) is 0 Å². The van der Waals surface area contributed by atoms with Gasteiger partial charge in [-0.2, -0.15) is 0 Å². The summed E-state index contributed by atoms with van der Waals surface area (Å²) < 4.78 is 5.50. The standard InChI is InChI=1S/C15H17NOS/c1-3-17-13-5-4-6-14(15(13)16)18-12-9-7-11(2)8-10-12/h4-10H,3,16H2,1-2H3. The second-order valence-corrected chi connectivity index (χ2v) is 5.13. The fraction of sp³-hybridized carbons (Fsp3) is 0.200. The van der Waals surface area contributed by atoms with Gasteiger partial charge in [-0.25, -0.2) is 0 Å². The van der Waals surface area contributed by atoms with Crippen LogP contribution in [0.1, 0.15) is 12.5 Å². The van der Waals surface area contributed by atoms with Crippen molar-refractivity contribution in [1.82, 2.24) is 0 Å². The average molecular weight is 259 g/mol. The number of anilines is 1. The molecule has 0 unspecified atom stereocenters. The van der Waals surface area contributed by atoms with E-state index in [2.05, 4.69) is 31.2 Å². The van der Waals surface area contributed by atoms with Gasteiger partial charge in [0.1, 0.15) is 5.75 Å². The number of rotatable bonds is 4. The van der Waals surface area contributed by atoms with Crippen molar-refractivity contribution in [3.63, 3.8) is 0 Å². The summed E-state index contributed by atoms with van der Waals surface area (Å²) in [7, 11) is 0. The SMILES string of the molecule is CCOc1cccc(Sc2ccc(C)cc2)c1N. The molecular weight excluding hydrogens is 242 g/mol. The minimum atomic E-state index is 0.628. The Labute approximate surface area is 112 Å². The van der Waals surface area contributed by atoms with E-state index in [9.17, 15) is 0 Å². The van der Waals surface area contributed by atoms with E-state index in [1.807, 2.05) is 25.1 Å². The van der Waals surface area contributed by atoms with E-state index < -0.39 is 0 Å². The summed E-state index contributed by atoms with van der Waals surface area (Å²) in [6, 6.07) is 14.3. The summed E-state index contributed by atoms with van der Waals surface area (Å²) in [6.45, 7) is 4.67. The molecule has 0 aliphatic rings. The average Bonchev–Trinajstić information content (AvgIpc) is 2.37. The lowest BCUT2D eigenvalue weighted by atomic mass is 10.2. The molecule has 0 atom stereocenters. The van der Waals surface area contributed by atoms with Gasteiger partial charge in [0.25, 0.3) is 0 Å². The first kappa shape index (κ1) is 12.8. The van der Waals surface area contributed by atoms with Crippen molar-refractivity contribution in [1.29, 1.82) is 0 Å². The smallest absolute Gasteiger partial charge is 0.143 e. The third-order valence-corrected chi connectivity index (χ3v) is 3.66. The number of aryl methyl sites for hydroxylation is 1. The van der Waals surface area contributed by atoms with Gasteiger partial charge in [0.05, 0.1) is 12.3 Å². The minimum absolute atomic E-state index is 0.628. The molecule has 0 aromatic heterocycles. The highest BCUT2D eigenvalue weighted by Gasteiger charge is 2.07. The Kier molecular flexibility index (Phi) is 4.15. The van der Waals surface area contributed by atoms with Crippen LogP contribution >= 0.6 is 11.8 Å². The molecule has 0 aliphatic carbocycles. The number of para-hydroxylation sites is 1. The van der Waals surface area contributed by atoms with E-state index in [1.165, 1.54) is 10.5 Å². The molecule has 0 aliphatic heterocycles. The van der Waals surface area contributed by atoms with Crippen LogP contribution < -0.4 is 10.5 Å². The maximum absolute atomic E-state index is 6.10. The first-order valence-electron chi connectivity index (χ1n) is 5.96. The molecule has 2 aromatic rings. The molecule has 0 amide bonds. The van der Waals surface area contributed by atoms with Crippen LogP contribution in [-0.2, 0) is 0 Å². The number of ether oxygens (including phenoxy) is 1. The summed E-state index contributed by atoms with van der Waals surface area (Å²) in [5.74, 6) is 0.759. The summed E-state index contributed by atoms with van der Waals surface area (Å²) in [5.41, 5.74) is 8.07. The maximum atomic E-state index is 6.10. The van der Waals surface area contributed by atoms with Gasteiger partial charge in [0.2, 0.25) is 0 Å². The van der Waals surface area contributed by atoms with Crippen LogP contribution in [0.25, 0.3) is 0 Å². The van der Waals surface area contributed by atoms with Gasteiger partial charge in [0.15, 0.2) is 0 Å². The van der Waals surface area contributed by atoms with Gasteiger partial charge in [-0.3, -0.25) is 0 Å². The Morgan fingerprint density at radius 1 is 1.11 bits per heavy atom. The Morgan fingerprint density at radius 3 is 2.50 bits per heavy atom. The summed E-state index contributed by atoms with van der Waals surface area (Å²) in [4.78, 5) is 2.21. The molecule has 0 saturated heterocycles. The van der Waals surface area contributed by atoms with E-state index in [0.717, 1.165) is 10.6 Å². The van der Waals surface area contributed by atoms with Crippen LogP contribution in [0.15, 0.2) is 52.3 Å². The number of benzene rings is 2. The Morgan fingerprint density at radius 2 is 1.83 bits per heavy atom. The zero-order chi connectivity index (χ0) is 13.0. The molecule has 0 fully saturated rings. The molecule has 2 nitrogen and oxygen atoms in total. The van der Waals surface area contributed by atoms with Crippen molar-refractivity contribution < 1.29 is 4.74 Å². The lowest BCUT2D eigenvalue weighted by Gasteiger charge is -2.10. The van der Waals surface area contributed by atoms with Gasteiger partial charge in [0, 0.05) is 9.79 Å². The summed E-state index contributed by atoms with van der Waals surface area (Å²) in [5, 5.41) is 0. The lowest BCUT2D eigenvalue weighted by Crippen LogP contribution is -1.97. The van der Waals surface area contributed by atoms with E-state index in [1.54, 1.807) is 11.8 Å². The first-order valence-corrected chi connectivity index (χ1v) is 6.78.